The molecular formula is C13H12INO2. The number of hydrogen-bond donors (Lipinski definition) is 0. The van der Waals surface area contributed by atoms with Crippen molar-refractivity contribution in [1.82, 2.24) is 4.57 Å². The molecule has 2 aromatic rings. The summed E-state index contributed by atoms with van der Waals surface area (Å²) in [5, 5.41) is 0. The lowest BCUT2D eigenvalue weighted by Gasteiger charge is -2.07. The smallest absolute Gasteiger partial charge is 0.293 e. The quantitative estimate of drug-likeness (QED) is 0.804. The van der Waals surface area contributed by atoms with Gasteiger partial charge in [0, 0.05) is 9.77 Å². The second-order valence-corrected chi connectivity index (χ2v) is 4.89. The normalized spacial score (nSPS) is 10.2. The summed E-state index contributed by atoms with van der Waals surface area (Å²) in [5.41, 5.74) is 1.00. The zero-order valence-electron chi connectivity index (χ0n) is 9.39. The van der Waals surface area contributed by atoms with Crippen LogP contribution in [0.25, 0.3) is 0 Å². The first-order valence-corrected chi connectivity index (χ1v) is 6.26. The highest BCUT2D eigenvalue weighted by Gasteiger charge is 2.03. The zero-order chi connectivity index (χ0) is 12.3. The van der Waals surface area contributed by atoms with Gasteiger partial charge in [-0.2, -0.15) is 0 Å². The topological polar surface area (TPSA) is 31.2 Å². The van der Waals surface area contributed by atoms with Crippen LogP contribution in [0.2, 0.25) is 0 Å². The highest BCUT2D eigenvalue weighted by Crippen LogP contribution is 2.09. The maximum Gasteiger partial charge on any atom is 0.293 e. The van der Waals surface area contributed by atoms with Crippen LogP contribution in [-0.2, 0) is 6.54 Å². The second-order valence-electron chi connectivity index (χ2n) is 3.64. The van der Waals surface area contributed by atoms with Crippen molar-refractivity contribution < 1.29 is 4.74 Å². The molecule has 0 spiro atoms. The van der Waals surface area contributed by atoms with Gasteiger partial charge in [-0.15, -0.1) is 0 Å². The molecule has 0 unspecified atom stereocenters. The molecule has 0 aliphatic heterocycles. The van der Waals surface area contributed by atoms with Crippen LogP contribution in [0.1, 0.15) is 5.56 Å². The van der Waals surface area contributed by atoms with Crippen LogP contribution >= 0.6 is 22.6 Å². The average Bonchev–Trinajstić information content (AvgIpc) is 2.32. The number of aromatic nitrogens is 1. The highest BCUT2D eigenvalue weighted by atomic mass is 127. The molecule has 0 amide bonds. The van der Waals surface area contributed by atoms with Crippen LogP contribution in [0, 0.1) is 3.57 Å². The molecule has 3 nitrogen and oxygen atoms in total. The Labute approximate surface area is 113 Å². The van der Waals surface area contributed by atoms with E-state index in [-0.39, 0.29) is 5.56 Å². The van der Waals surface area contributed by atoms with Gasteiger partial charge in [0.25, 0.3) is 5.56 Å². The lowest BCUT2D eigenvalue weighted by Crippen LogP contribution is -2.20. The van der Waals surface area contributed by atoms with E-state index in [0.717, 1.165) is 9.13 Å². The number of hydrogen-bond acceptors (Lipinski definition) is 2. The third-order valence-electron chi connectivity index (χ3n) is 2.45. The Balaban J connectivity index is 2.34. The minimum atomic E-state index is -0.103. The second kappa shape index (κ2) is 5.35. The van der Waals surface area contributed by atoms with Crippen LogP contribution in [-0.4, -0.2) is 11.7 Å². The van der Waals surface area contributed by atoms with E-state index in [2.05, 4.69) is 28.7 Å². The van der Waals surface area contributed by atoms with Gasteiger partial charge in [0.15, 0.2) is 5.75 Å². The fourth-order valence-electron chi connectivity index (χ4n) is 1.63. The first-order chi connectivity index (χ1) is 8.20. The van der Waals surface area contributed by atoms with Gasteiger partial charge in [0.05, 0.1) is 13.7 Å². The predicted molar refractivity (Wildman–Crippen MR) is 75.5 cm³/mol. The van der Waals surface area contributed by atoms with Gasteiger partial charge in [-0.25, -0.2) is 0 Å². The average molecular weight is 341 g/mol. The Morgan fingerprint density at radius 2 is 2.12 bits per heavy atom. The number of rotatable bonds is 3. The summed E-state index contributed by atoms with van der Waals surface area (Å²) >= 11 is 2.26. The maximum atomic E-state index is 11.9. The molecule has 0 saturated heterocycles. The van der Waals surface area contributed by atoms with Crippen LogP contribution in [0.15, 0.2) is 47.4 Å². The summed E-state index contributed by atoms with van der Waals surface area (Å²) in [6, 6.07) is 11.6. The lowest BCUT2D eigenvalue weighted by atomic mass is 10.2. The summed E-state index contributed by atoms with van der Waals surface area (Å²) < 4.78 is 7.82. The number of methoxy groups -OCH3 is 1. The van der Waals surface area contributed by atoms with Crippen molar-refractivity contribution in [2.45, 2.75) is 6.54 Å². The standard InChI is InChI=1S/C13H12INO2/c1-17-12-6-3-7-15(13(12)16)9-10-4-2-5-11(14)8-10/h2-8H,9H2,1H3. The van der Waals surface area contributed by atoms with Gasteiger partial charge in [-0.3, -0.25) is 4.79 Å². The number of nitrogens with zero attached hydrogens (tertiary/aromatic N) is 1. The fraction of sp³-hybridized carbons (Fsp3) is 0.154. The highest BCUT2D eigenvalue weighted by molar-refractivity contribution is 14.1. The largest absolute Gasteiger partial charge is 0.491 e. The predicted octanol–water partition coefficient (Wildman–Crippen LogP) is 2.51. The van der Waals surface area contributed by atoms with Crippen molar-refractivity contribution in [2.24, 2.45) is 0 Å². The van der Waals surface area contributed by atoms with Crippen LogP contribution in [0.5, 0.6) is 5.75 Å². The molecule has 0 N–H and O–H groups in total. The van der Waals surface area contributed by atoms with Crippen molar-refractivity contribution in [3.05, 3.63) is 62.1 Å². The lowest BCUT2D eigenvalue weighted by molar-refractivity contribution is 0.403. The molecule has 0 fully saturated rings. The van der Waals surface area contributed by atoms with Crippen LogP contribution in [0.4, 0.5) is 0 Å². The monoisotopic (exact) mass is 341 g/mol. The molecule has 88 valence electrons. The third-order valence-corrected chi connectivity index (χ3v) is 3.12. The summed E-state index contributed by atoms with van der Waals surface area (Å²) in [7, 11) is 1.51. The Kier molecular flexibility index (Phi) is 3.83. The van der Waals surface area contributed by atoms with Crippen molar-refractivity contribution in [3.63, 3.8) is 0 Å². The Morgan fingerprint density at radius 1 is 1.29 bits per heavy atom. The molecule has 17 heavy (non-hydrogen) atoms. The van der Waals surface area contributed by atoms with E-state index < -0.39 is 0 Å². The molecule has 0 bridgehead atoms. The van der Waals surface area contributed by atoms with Crippen molar-refractivity contribution in [2.75, 3.05) is 7.11 Å². The molecule has 0 aliphatic carbocycles. The van der Waals surface area contributed by atoms with E-state index >= 15 is 0 Å². The Bertz CT molecular complexity index is 578. The maximum absolute atomic E-state index is 11.9. The molecule has 1 aromatic carbocycles. The summed E-state index contributed by atoms with van der Waals surface area (Å²) in [5.74, 6) is 0.373. The molecule has 0 atom stereocenters. The first kappa shape index (κ1) is 12.2. The minimum absolute atomic E-state index is 0.103. The van der Waals surface area contributed by atoms with E-state index in [1.54, 1.807) is 16.8 Å². The van der Waals surface area contributed by atoms with Crippen LogP contribution < -0.4 is 10.3 Å². The van der Waals surface area contributed by atoms with E-state index in [0.29, 0.717) is 12.3 Å². The summed E-state index contributed by atoms with van der Waals surface area (Å²) in [4.78, 5) is 11.9. The van der Waals surface area contributed by atoms with Crippen molar-refractivity contribution in [3.8, 4) is 5.75 Å². The molecule has 1 heterocycles. The Hall–Kier alpha value is -1.30. The molecule has 2 rings (SSSR count). The van der Waals surface area contributed by atoms with Crippen LogP contribution in [0.3, 0.4) is 0 Å². The van der Waals surface area contributed by atoms with Gasteiger partial charge in [-0.1, -0.05) is 12.1 Å². The van der Waals surface area contributed by atoms with Crippen molar-refractivity contribution >= 4 is 22.6 Å². The van der Waals surface area contributed by atoms with Gasteiger partial charge >= 0.3 is 0 Å². The zero-order valence-corrected chi connectivity index (χ0v) is 11.5. The number of pyridine rings is 1. The molecule has 1 aromatic heterocycles. The first-order valence-electron chi connectivity index (χ1n) is 5.18. The Morgan fingerprint density at radius 3 is 2.82 bits per heavy atom. The fourth-order valence-corrected chi connectivity index (χ4v) is 2.23. The molecule has 4 heteroatoms. The van der Waals surface area contributed by atoms with Gasteiger partial charge < -0.3 is 9.30 Å². The van der Waals surface area contributed by atoms with Gasteiger partial charge in [0.2, 0.25) is 0 Å². The molecule has 0 radical (unpaired) electrons. The molecular weight excluding hydrogens is 329 g/mol. The molecule has 0 saturated carbocycles. The van der Waals surface area contributed by atoms with Gasteiger partial charge in [0.1, 0.15) is 0 Å². The number of halogens is 1. The SMILES string of the molecule is COc1cccn(Cc2cccc(I)c2)c1=O. The summed E-state index contributed by atoms with van der Waals surface area (Å²) in [6.45, 7) is 0.562. The number of ether oxygens (including phenoxy) is 1. The van der Waals surface area contributed by atoms with E-state index in [9.17, 15) is 4.79 Å². The van der Waals surface area contributed by atoms with Crippen molar-refractivity contribution in [1.29, 1.82) is 0 Å². The van der Waals surface area contributed by atoms with E-state index in [4.69, 9.17) is 4.74 Å². The number of benzene rings is 1. The van der Waals surface area contributed by atoms with Gasteiger partial charge in [-0.05, 0) is 52.4 Å². The summed E-state index contributed by atoms with van der Waals surface area (Å²) in [6.07, 6.45) is 1.77. The van der Waals surface area contributed by atoms with E-state index in [1.165, 1.54) is 7.11 Å². The molecule has 0 aliphatic rings. The van der Waals surface area contributed by atoms with E-state index in [1.807, 2.05) is 24.3 Å². The minimum Gasteiger partial charge on any atom is -0.491 e. The third kappa shape index (κ3) is 2.88.